The van der Waals surface area contributed by atoms with E-state index in [1.165, 1.54) is 0 Å². The Hall–Kier alpha value is -0.830. The summed E-state index contributed by atoms with van der Waals surface area (Å²) in [4.78, 5) is 0. The van der Waals surface area contributed by atoms with Crippen LogP contribution in [0.2, 0.25) is 0 Å². The molecule has 0 saturated carbocycles. The van der Waals surface area contributed by atoms with Gasteiger partial charge < -0.3 is 9.63 Å². The molecule has 1 atom stereocenters. The first kappa shape index (κ1) is 6.85. The van der Waals surface area contributed by atoms with Gasteiger partial charge in [0.25, 0.3) is 0 Å². The van der Waals surface area contributed by atoms with Crippen LogP contribution in [0.5, 0.6) is 0 Å². The van der Waals surface area contributed by atoms with E-state index in [0.717, 1.165) is 29.9 Å². The van der Waals surface area contributed by atoms with Crippen molar-refractivity contribution in [3.8, 4) is 0 Å². The quantitative estimate of drug-likeness (QED) is 0.659. The maximum absolute atomic E-state index is 8.85. The zero-order valence-electron chi connectivity index (χ0n) is 6.50. The molecule has 0 aromatic carbocycles. The number of hydrogen-bond donors (Lipinski definition) is 1. The Kier molecular flexibility index (Phi) is 1.46. The van der Waals surface area contributed by atoms with Gasteiger partial charge in [0.2, 0.25) is 0 Å². The van der Waals surface area contributed by atoms with Crippen molar-refractivity contribution in [3.05, 3.63) is 17.0 Å². The molecule has 3 nitrogen and oxygen atoms in total. The fourth-order valence-corrected chi connectivity index (χ4v) is 1.63. The Balaban J connectivity index is 2.44. The number of aliphatic hydroxyl groups is 1. The summed E-state index contributed by atoms with van der Waals surface area (Å²) in [5.41, 5.74) is 1.87. The Bertz CT molecular complexity index is 267. The minimum absolute atomic E-state index is 0.00551. The predicted molar refractivity (Wildman–Crippen MR) is 39.2 cm³/mol. The van der Waals surface area contributed by atoms with E-state index in [9.17, 15) is 0 Å². The molecule has 1 aliphatic carbocycles. The molecule has 1 N–H and O–H groups in total. The average Bonchev–Trinajstić information content (AvgIpc) is 2.53. The highest BCUT2D eigenvalue weighted by molar-refractivity contribution is 5.29. The lowest BCUT2D eigenvalue weighted by Gasteiger charge is -1.93. The lowest BCUT2D eigenvalue weighted by Crippen LogP contribution is -1.87. The number of fused-ring (bicyclic) bond motifs is 1. The monoisotopic (exact) mass is 153 g/mol. The van der Waals surface area contributed by atoms with Gasteiger partial charge in [-0.1, -0.05) is 12.1 Å². The fourth-order valence-electron chi connectivity index (χ4n) is 1.63. The van der Waals surface area contributed by atoms with Crippen LogP contribution in [0.1, 0.15) is 36.3 Å². The van der Waals surface area contributed by atoms with Gasteiger partial charge in [-0.25, -0.2) is 0 Å². The number of aromatic nitrogens is 1. The first-order chi connectivity index (χ1) is 5.33. The van der Waals surface area contributed by atoms with Crippen molar-refractivity contribution < 1.29 is 9.63 Å². The van der Waals surface area contributed by atoms with E-state index in [-0.39, 0.29) is 6.61 Å². The third-order valence-electron chi connectivity index (χ3n) is 2.32. The summed E-state index contributed by atoms with van der Waals surface area (Å²) in [6.45, 7) is 2.13. The Morgan fingerprint density at radius 1 is 1.73 bits per heavy atom. The SMILES string of the molecule is CC1CCc2c(CO)noc21. The van der Waals surface area contributed by atoms with E-state index in [2.05, 4.69) is 12.1 Å². The molecular weight excluding hydrogens is 142 g/mol. The predicted octanol–water partition coefficient (Wildman–Crippen LogP) is 1.22. The normalized spacial score (nSPS) is 22.2. The molecule has 11 heavy (non-hydrogen) atoms. The van der Waals surface area contributed by atoms with E-state index >= 15 is 0 Å². The van der Waals surface area contributed by atoms with E-state index in [4.69, 9.17) is 9.63 Å². The zero-order chi connectivity index (χ0) is 7.84. The van der Waals surface area contributed by atoms with Crippen LogP contribution in [-0.4, -0.2) is 10.3 Å². The summed E-state index contributed by atoms with van der Waals surface area (Å²) in [5, 5.41) is 12.6. The second-order valence-electron chi connectivity index (χ2n) is 3.07. The third-order valence-corrected chi connectivity index (χ3v) is 2.32. The van der Waals surface area contributed by atoms with Crippen LogP contribution in [0.3, 0.4) is 0 Å². The van der Waals surface area contributed by atoms with Crippen LogP contribution < -0.4 is 0 Å². The zero-order valence-corrected chi connectivity index (χ0v) is 6.50. The van der Waals surface area contributed by atoms with Crippen molar-refractivity contribution in [3.63, 3.8) is 0 Å². The first-order valence-corrected chi connectivity index (χ1v) is 3.91. The van der Waals surface area contributed by atoms with Crippen LogP contribution in [0.15, 0.2) is 4.52 Å². The molecule has 3 heteroatoms. The minimum Gasteiger partial charge on any atom is -0.390 e. The molecule has 1 aromatic heterocycles. The van der Waals surface area contributed by atoms with Gasteiger partial charge in [-0.15, -0.1) is 0 Å². The molecule has 0 bridgehead atoms. The molecule has 0 amide bonds. The van der Waals surface area contributed by atoms with Crippen molar-refractivity contribution >= 4 is 0 Å². The van der Waals surface area contributed by atoms with Crippen LogP contribution in [0.25, 0.3) is 0 Å². The Morgan fingerprint density at radius 2 is 2.55 bits per heavy atom. The van der Waals surface area contributed by atoms with Gasteiger partial charge >= 0.3 is 0 Å². The average molecular weight is 153 g/mol. The van der Waals surface area contributed by atoms with Gasteiger partial charge in [-0.3, -0.25) is 0 Å². The second kappa shape index (κ2) is 2.34. The maximum Gasteiger partial charge on any atom is 0.143 e. The van der Waals surface area contributed by atoms with Gasteiger partial charge in [-0.05, 0) is 12.8 Å². The molecule has 60 valence electrons. The van der Waals surface area contributed by atoms with Gasteiger partial charge in [0.05, 0.1) is 6.61 Å². The lowest BCUT2D eigenvalue weighted by atomic mass is 10.1. The molecule has 1 aromatic rings. The molecule has 0 fully saturated rings. The fraction of sp³-hybridized carbons (Fsp3) is 0.625. The van der Waals surface area contributed by atoms with E-state index < -0.39 is 0 Å². The number of nitrogens with zero attached hydrogens (tertiary/aromatic N) is 1. The molecule has 0 saturated heterocycles. The summed E-state index contributed by atoms with van der Waals surface area (Å²) >= 11 is 0. The van der Waals surface area contributed by atoms with Gasteiger partial charge in [-0.2, -0.15) is 0 Å². The maximum atomic E-state index is 8.85. The van der Waals surface area contributed by atoms with Crippen molar-refractivity contribution in [2.24, 2.45) is 0 Å². The molecule has 2 rings (SSSR count). The number of hydrogen-bond acceptors (Lipinski definition) is 3. The highest BCUT2D eigenvalue weighted by Crippen LogP contribution is 2.34. The Morgan fingerprint density at radius 3 is 3.27 bits per heavy atom. The molecule has 0 aliphatic heterocycles. The minimum atomic E-state index is 0.00551. The largest absolute Gasteiger partial charge is 0.390 e. The van der Waals surface area contributed by atoms with Gasteiger partial charge in [0.1, 0.15) is 11.5 Å². The van der Waals surface area contributed by atoms with Crippen LogP contribution in [-0.2, 0) is 13.0 Å². The van der Waals surface area contributed by atoms with Crippen molar-refractivity contribution in [2.45, 2.75) is 32.3 Å². The highest BCUT2D eigenvalue weighted by Gasteiger charge is 2.26. The second-order valence-corrected chi connectivity index (χ2v) is 3.07. The molecule has 1 unspecified atom stereocenters. The summed E-state index contributed by atoms with van der Waals surface area (Å²) in [6.07, 6.45) is 2.14. The van der Waals surface area contributed by atoms with Gasteiger partial charge in [0.15, 0.2) is 0 Å². The van der Waals surface area contributed by atoms with Crippen molar-refractivity contribution in [1.29, 1.82) is 0 Å². The van der Waals surface area contributed by atoms with Crippen molar-refractivity contribution in [2.75, 3.05) is 0 Å². The van der Waals surface area contributed by atoms with E-state index in [0.29, 0.717) is 5.92 Å². The van der Waals surface area contributed by atoms with E-state index in [1.54, 1.807) is 0 Å². The molecule has 0 spiro atoms. The topological polar surface area (TPSA) is 46.3 Å². The summed E-state index contributed by atoms with van der Waals surface area (Å²) < 4.78 is 5.10. The molecule has 0 radical (unpaired) electrons. The number of aliphatic hydroxyl groups excluding tert-OH is 1. The Labute approximate surface area is 65.0 Å². The van der Waals surface area contributed by atoms with Crippen LogP contribution >= 0.6 is 0 Å². The summed E-state index contributed by atoms with van der Waals surface area (Å²) in [7, 11) is 0. The van der Waals surface area contributed by atoms with Crippen LogP contribution in [0.4, 0.5) is 0 Å². The smallest absolute Gasteiger partial charge is 0.143 e. The highest BCUT2D eigenvalue weighted by atomic mass is 16.5. The summed E-state index contributed by atoms with van der Waals surface area (Å²) in [6, 6.07) is 0. The summed E-state index contributed by atoms with van der Waals surface area (Å²) in [5.74, 6) is 1.46. The molecule has 1 aliphatic rings. The van der Waals surface area contributed by atoms with Gasteiger partial charge in [0, 0.05) is 11.5 Å². The van der Waals surface area contributed by atoms with Crippen LogP contribution in [0, 0.1) is 0 Å². The first-order valence-electron chi connectivity index (χ1n) is 3.91. The molecule has 1 heterocycles. The van der Waals surface area contributed by atoms with E-state index in [1.807, 2.05) is 0 Å². The molecular formula is C8H11NO2. The lowest BCUT2D eigenvalue weighted by molar-refractivity contribution is 0.262. The number of rotatable bonds is 1. The standard InChI is InChI=1S/C8H11NO2/c1-5-2-3-6-7(4-10)9-11-8(5)6/h5,10H,2-4H2,1H3. The van der Waals surface area contributed by atoms with Crippen molar-refractivity contribution in [1.82, 2.24) is 5.16 Å². The third kappa shape index (κ3) is 0.878.